The second kappa shape index (κ2) is 9.24. The van der Waals surface area contributed by atoms with Crippen LogP contribution >= 0.6 is 46.4 Å². The van der Waals surface area contributed by atoms with E-state index in [2.05, 4.69) is 10.2 Å². The van der Waals surface area contributed by atoms with E-state index < -0.39 is 0 Å². The number of piperidine rings is 1. The number of carbonyl (C=O) groups is 1. The van der Waals surface area contributed by atoms with Gasteiger partial charge in [-0.3, -0.25) is 4.79 Å². The molecule has 0 radical (unpaired) electrons. The first-order valence-corrected chi connectivity index (χ1v) is 10.1. The lowest BCUT2D eigenvalue weighted by molar-refractivity contribution is -0.118. The lowest BCUT2D eigenvalue weighted by atomic mass is 10.1. The molecule has 1 aliphatic rings. The van der Waals surface area contributed by atoms with Crippen LogP contribution in [0.2, 0.25) is 20.1 Å². The maximum absolute atomic E-state index is 12.2. The van der Waals surface area contributed by atoms with Crippen LogP contribution in [0.3, 0.4) is 0 Å². The highest BCUT2D eigenvalue weighted by molar-refractivity contribution is 6.43. The summed E-state index contributed by atoms with van der Waals surface area (Å²) in [6.45, 7) is 1.79. The smallest absolute Gasteiger partial charge is 0.262 e. The third-order valence-corrected chi connectivity index (χ3v) is 5.58. The maximum Gasteiger partial charge on any atom is 0.262 e. The van der Waals surface area contributed by atoms with E-state index in [9.17, 15) is 4.79 Å². The SMILES string of the molecule is O=C(COc1cc(Cl)c(Cl)cc1Cl)Nc1ccc(N2CCCCC2)c(Cl)c1. The molecule has 1 fully saturated rings. The Morgan fingerprint density at radius 2 is 1.63 bits per heavy atom. The molecule has 1 saturated heterocycles. The van der Waals surface area contributed by atoms with Crippen LogP contribution in [-0.2, 0) is 4.79 Å². The Kier molecular flexibility index (Phi) is 6.99. The van der Waals surface area contributed by atoms with Gasteiger partial charge >= 0.3 is 0 Å². The Hall–Kier alpha value is -1.33. The molecule has 0 saturated carbocycles. The summed E-state index contributed by atoms with van der Waals surface area (Å²) < 4.78 is 5.43. The van der Waals surface area contributed by atoms with Gasteiger partial charge in [0.25, 0.3) is 5.91 Å². The number of hydrogen-bond acceptors (Lipinski definition) is 3. The summed E-state index contributed by atoms with van der Waals surface area (Å²) in [6.07, 6.45) is 3.60. The summed E-state index contributed by atoms with van der Waals surface area (Å²) in [6, 6.07) is 8.46. The number of amides is 1. The van der Waals surface area contributed by atoms with Crippen molar-refractivity contribution in [1.29, 1.82) is 0 Å². The average molecular weight is 448 g/mol. The molecule has 27 heavy (non-hydrogen) atoms. The van der Waals surface area contributed by atoms with Crippen molar-refractivity contribution < 1.29 is 9.53 Å². The van der Waals surface area contributed by atoms with Crippen molar-refractivity contribution in [2.75, 3.05) is 29.9 Å². The number of nitrogens with zero attached hydrogens (tertiary/aromatic N) is 1. The topological polar surface area (TPSA) is 41.6 Å². The molecular weight excluding hydrogens is 430 g/mol. The maximum atomic E-state index is 12.2. The zero-order valence-electron chi connectivity index (χ0n) is 14.4. The molecule has 1 heterocycles. The molecule has 4 nitrogen and oxygen atoms in total. The van der Waals surface area contributed by atoms with Crippen LogP contribution in [0.5, 0.6) is 5.75 Å². The minimum absolute atomic E-state index is 0.219. The molecule has 0 spiro atoms. The fourth-order valence-electron chi connectivity index (χ4n) is 2.93. The van der Waals surface area contributed by atoms with Crippen LogP contribution in [0, 0.1) is 0 Å². The van der Waals surface area contributed by atoms with Crippen LogP contribution in [-0.4, -0.2) is 25.6 Å². The van der Waals surface area contributed by atoms with E-state index in [1.54, 1.807) is 6.07 Å². The second-order valence-electron chi connectivity index (χ2n) is 6.25. The number of anilines is 2. The van der Waals surface area contributed by atoms with E-state index in [0.29, 0.717) is 26.5 Å². The fourth-order valence-corrected chi connectivity index (χ4v) is 3.82. The van der Waals surface area contributed by atoms with Gasteiger partial charge in [0.1, 0.15) is 5.75 Å². The molecule has 1 aliphatic heterocycles. The van der Waals surface area contributed by atoms with Crippen molar-refractivity contribution in [3.05, 3.63) is 50.4 Å². The number of hydrogen-bond donors (Lipinski definition) is 1. The van der Waals surface area contributed by atoms with Gasteiger partial charge in [0.2, 0.25) is 0 Å². The second-order valence-corrected chi connectivity index (χ2v) is 7.88. The quantitative estimate of drug-likeness (QED) is 0.546. The zero-order valence-corrected chi connectivity index (χ0v) is 17.4. The molecule has 0 bridgehead atoms. The molecule has 2 aromatic rings. The van der Waals surface area contributed by atoms with E-state index in [4.69, 9.17) is 51.1 Å². The Balaban J connectivity index is 1.59. The summed E-state index contributed by atoms with van der Waals surface area (Å²) in [5.41, 5.74) is 1.60. The van der Waals surface area contributed by atoms with E-state index >= 15 is 0 Å². The van der Waals surface area contributed by atoms with Crippen molar-refractivity contribution in [3.63, 3.8) is 0 Å². The normalized spacial score (nSPS) is 14.1. The Morgan fingerprint density at radius 1 is 0.926 bits per heavy atom. The van der Waals surface area contributed by atoms with Crippen LogP contribution in [0.4, 0.5) is 11.4 Å². The Bertz CT molecular complexity index is 839. The Morgan fingerprint density at radius 3 is 2.33 bits per heavy atom. The number of carbonyl (C=O) groups excluding carboxylic acids is 1. The molecule has 3 rings (SSSR count). The number of nitrogens with one attached hydrogen (secondary N) is 1. The predicted octanol–water partition coefficient (Wildman–Crippen LogP) is 6.31. The lowest BCUT2D eigenvalue weighted by Gasteiger charge is -2.29. The van der Waals surface area contributed by atoms with Crippen molar-refractivity contribution in [1.82, 2.24) is 0 Å². The predicted molar refractivity (Wildman–Crippen MR) is 113 cm³/mol. The number of rotatable bonds is 5. The Labute approximate surface area is 178 Å². The molecule has 0 unspecified atom stereocenters. The molecule has 144 valence electrons. The zero-order chi connectivity index (χ0) is 19.4. The first-order valence-electron chi connectivity index (χ1n) is 8.56. The summed E-state index contributed by atoms with van der Waals surface area (Å²) in [7, 11) is 0. The van der Waals surface area contributed by atoms with Gasteiger partial charge in [-0.25, -0.2) is 0 Å². The van der Waals surface area contributed by atoms with Crippen molar-refractivity contribution in [2.45, 2.75) is 19.3 Å². The van der Waals surface area contributed by atoms with Gasteiger partial charge in [-0.1, -0.05) is 46.4 Å². The van der Waals surface area contributed by atoms with Gasteiger partial charge in [0.05, 0.1) is 25.8 Å². The highest BCUT2D eigenvalue weighted by Gasteiger charge is 2.15. The van der Waals surface area contributed by atoms with Gasteiger partial charge in [-0.2, -0.15) is 0 Å². The molecule has 0 atom stereocenters. The van der Waals surface area contributed by atoms with Crippen LogP contribution < -0.4 is 15.0 Å². The average Bonchev–Trinajstić information content (AvgIpc) is 2.64. The lowest BCUT2D eigenvalue weighted by Crippen LogP contribution is -2.29. The first-order chi connectivity index (χ1) is 12.9. The van der Waals surface area contributed by atoms with Crippen molar-refractivity contribution in [2.24, 2.45) is 0 Å². The highest BCUT2D eigenvalue weighted by Crippen LogP contribution is 2.34. The molecule has 8 heteroatoms. The molecule has 0 aliphatic carbocycles. The van der Waals surface area contributed by atoms with E-state index in [1.807, 2.05) is 12.1 Å². The summed E-state index contributed by atoms with van der Waals surface area (Å²) in [5, 5.41) is 4.28. The number of ether oxygens (including phenoxy) is 1. The first kappa shape index (κ1) is 20.4. The third-order valence-electron chi connectivity index (χ3n) is 4.26. The highest BCUT2D eigenvalue weighted by atomic mass is 35.5. The van der Waals surface area contributed by atoms with Gasteiger partial charge in [-0.05, 0) is 43.5 Å². The monoisotopic (exact) mass is 446 g/mol. The summed E-state index contributed by atoms with van der Waals surface area (Å²) in [5.74, 6) is -0.0429. The van der Waals surface area contributed by atoms with E-state index in [-0.39, 0.29) is 17.5 Å². The van der Waals surface area contributed by atoms with Crippen LogP contribution in [0.25, 0.3) is 0 Å². The molecule has 0 aromatic heterocycles. The summed E-state index contributed by atoms with van der Waals surface area (Å²) in [4.78, 5) is 14.4. The third kappa shape index (κ3) is 5.35. The van der Waals surface area contributed by atoms with Crippen LogP contribution in [0.1, 0.15) is 19.3 Å². The number of halogens is 4. The standard InChI is InChI=1S/C19H18Cl4N2O2/c20-13-9-16(23)18(10-14(13)21)27-11-19(26)24-12-4-5-17(15(22)8-12)25-6-2-1-3-7-25/h4-5,8-10H,1-3,6-7,11H2,(H,24,26). The molecule has 2 aromatic carbocycles. The van der Waals surface area contributed by atoms with E-state index in [0.717, 1.165) is 18.8 Å². The van der Waals surface area contributed by atoms with E-state index in [1.165, 1.54) is 31.4 Å². The minimum atomic E-state index is -0.334. The number of benzene rings is 2. The fraction of sp³-hybridized carbons (Fsp3) is 0.316. The van der Waals surface area contributed by atoms with Crippen LogP contribution in [0.15, 0.2) is 30.3 Å². The van der Waals surface area contributed by atoms with Gasteiger partial charge in [0, 0.05) is 24.8 Å². The van der Waals surface area contributed by atoms with Gasteiger partial charge in [0.15, 0.2) is 6.61 Å². The largest absolute Gasteiger partial charge is 0.482 e. The van der Waals surface area contributed by atoms with Gasteiger partial charge < -0.3 is 15.0 Å². The van der Waals surface area contributed by atoms with Gasteiger partial charge in [-0.15, -0.1) is 0 Å². The van der Waals surface area contributed by atoms with Crippen molar-refractivity contribution >= 4 is 63.7 Å². The summed E-state index contributed by atoms with van der Waals surface area (Å²) >= 11 is 24.2. The minimum Gasteiger partial charge on any atom is -0.482 e. The molecule has 1 N–H and O–H groups in total. The molecule has 1 amide bonds. The molecular formula is C19H18Cl4N2O2. The van der Waals surface area contributed by atoms with Crippen molar-refractivity contribution in [3.8, 4) is 5.75 Å².